The van der Waals surface area contributed by atoms with Crippen molar-refractivity contribution in [2.45, 2.75) is 38.3 Å². The summed E-state index contributed by atoms with van der Waals surface area (Å²) in [5.74, 6) is 0.687. The lowest BCUT2D eigenvalue weighted by Gasteiger charge is -2.42. The molecule has 1 saturated carbocycles. The predicted octanol–water partition coefficient (Wildman–Crippen LogP) is 3.51. The number of rotatable bonds is 6. The van der Waals surface area contributed by atoms with Gasteiger partial charge in [0.05, 0.1) is 41.3 Å². The Balaban J connectivity index is 1.51. The first kappa shape index (κ1) is 24.4. The minimum Gasteiger partial charge on any atom is -0.453 e. The van der Waals surface area contributed by atoms with Crippen LogP contribution in [0.5, 0.6) is 0 Å². The van der Waals surface area contributed by atoms with Gasteiger partial charge in [0.1, 0.15) is 11.6 Å². The first-order valence-electron chi connectivity index (χ1n) is 12.0. The second kappa shape index (κ2) is 9.99. The number of nitriles is 2. The van der Waals surface area contributed by atoms with Gasteiger partial charge >= 0.3 is 6.09 Å². The largest absolute Gasteiger partial charge is 0.453 e. The Kier molecular flexibility index (Phi) is 6.59. The summed E-state index contributed by atoms with van der Waals surface area (Å²) >= 11 is 6.90. The molecule has 2 N–H and O–H groups in total. The predicted molar refractivity (Wildman–Crippen MR) is 137 cm³/mol. The highest BCUT2D eigenvalue weighted by Gasteiger charge is 2.31. The Morgan fingerprint density at radius 3 is 2.73 bits per heavy atom. The van der Waals surface area contributed by atoms with Crippen LogP contribution in [-0.4, -0.2) is 69.4 Å². The number of aromatic nitrogens is 4. The number of halogens is 1. The van der Waals surface area contributed by atoms with Crippen LogP contribution in [0, 0.1) is 22.7 Å². The minimum atomic E-state index is -0.364. The lowest BCUT2D eigenvalue weighted by atomic mass is 10.1. The summed E-state index contributed by atoms with van der Waals surface area (Å²) in [4.78, 5) is 24.9. The quantitative estimate of drug-likeness (QED) is 0.494. The fourth-order valence-electron chi connectivity index (χ4n) is 4.43. The molecule has 2 fully saturated rings. The lowest BCUT2D eigenvalue weighted by molar-refractivity contribution is 0.114. The van der Waals surface area contributed by atoms with E-state index in [4.69, 9.17) is 16.3 Å². The Labute approximate surface area is 218 Å². The van der Waals surface area contributed by atoms with E-state index in [1.807, 2.05) is 6.92 Å². The number of fused-ring (bicyclic) bond motifs is 1. The van der Waals surface area contributed by atoms with E-state index in [2.05, 4.69) is 42.7 Å². The monoisotopic (exact) mass is 520 g/mol. The SMILES string of the molecule is CC[C@H]1CN(C(=O)OC)CCN1c1cc(C#N)cc(Nc2nc(NC3CC3)n3ncc(C#N)c3n2)c1Cl. The van der Waals surface area contributed by atoms with Crippen molar-refractivity contribution in [1.29, 1.82) is 10.5 Å². The van der Waals surface area contributed by atoms with E-state index in [9.17, 15) is 15.3 Å². The van der Waals surface area contributed by atoms with Gasteiger partial charge in [-0.2, -0.15) is 30.1 Å². The number of amides is 1. The van der Waals surface area contributed by atoms with E-state index < -0.39 is 0 Å². The number of methoxy groups -OCH3 is 1. The van der Waals surface area contributed by atoms with Gasteiger partial charge in [-0.05, 0) is 31.4 Å². The summed E-state index contributed by atoms with van der Waals surface area (Å²) in [5.41, 5.74) is 2.23. The number of hydrogen-bond acceptors (Lipinski definition) is 10. The molecule has 0 unspecified atom stereocenters. The summed E-state index contributed by atoms with van der Waals surface area (Å²) in [6.07, 6.45) is 3.91. The van der Waals surface area contributed by atoms with Crippen molar-refractivity contribution in [2.75, 3.05) is 42.3 Å². The van der Waals surface area contributed by atoms with Crippen molar-refractivity contribution in [3.63, 3.8) is 0 Å². The molecule has 3 heterocycles. The lowest BCUT2D eigenvalue weighted by Crippen LogP contribution is -2.54. The van der Waals surface area contributed by atoms with Crippen LogP contribution in [0.1, 0.15) is 37.3 Å². The number of hydrogen-bond donors (Lipinski definition) is 2. The molecule has 1 atom stereocenters. The average Bonchev–Trinajstić information content (AvgIpc) is 3.64. The summed E-state index contributed by atoms with van der Waals surface area (Å²) in [6, 6.07) is 7.97. The molecule has 1 amide bonds. The summed E-state index contributed by atoms with van der Waals surface area (Å²) in [7, 11) is 1.37. The van der Waals surface area contributed by atoms with Crippen molar-refractivity contribution in [3.8, 4) is 12.1 Å². The van der Waals surface area contributed by atoms with E-state index in [-0.39, 0.29) is 18.1 Å². The number of carbonyl (C=O) groups excluding carboxylic acids is 1. The van der Waals surface area contributed by atoms with Crippen molar-refractivity contribution in [2.24, 2.45) is 0 Å². The standard InChI is InChI=1S/C24H25ClN10O2/c1-3-17-13-33(24(36)37-2)6-7-34(17)19-9-14(10-26)8-18(20(19)25)30-22-31-21-15(11-27)12-28-35(21)23(32-22)29-16-4-5-16/h8-9,12,16-17H,3-7,13H2,1-2H3,(H2,29,30,31,32)/t17-/m0/s1. The molecule has 1 saturated heterocycles. The number of nitrogens with zero attached hydrogens (tertiary/aromatic N) is 8. The first-order chi connectivity index (χ1) is 17.9. The summed E-state index contributed by atoms with van der Waals surface area (Å²) < 4.78 is 6.40. The second-order valence-corrected chi connectivity index (χ2v) is 9.34. The molecule has 0 bridgehead atoms. The maximum Gasteiger partial charge on any atom is 0.409 e. The molecule has 2 aromatic heterocycles. The number of carbonyl (C=O) groups is 1. The number of anilines is 4. The van der Waals surface area contributed by atoms with Gasteiger partial charge in [0.25, 0.3) is 0 Å². The van der Waals surface area contributed by atoms with E-state index >= 15 is 0 Å². The molecular weight excluding hydrogens is 496 g/mol. The molecule has 2 aliphatic rings. The molecule has 0 spiro atoms. The summed E-state index contributed by atoms with van der Waals surface area (Å²) in [6.45, 7) is 3.51. The number of benzene rings is 1. The van der Waals surface area contributed by atoms with Gasteiger partial charge in [-0.25, -0.2) is 4.79 Å². The molecular formula is C24H25ClN10O2. The van der Waals surface area contributed by atoms with Gasteiger partial charge in [0.15, 0.2) is 5.65 Å². The van der Waals surface area contributed by atoms with Gasteiger partial charge < -0.3 is 25.2 Å². The van der Waals surface area contributed by atoms with Gasteiger partial charge in [0, 0.05) is 31.7 Å². The number of nitrogens with one attached hydrogen (secondary N) is 2. The van der Waals surface area contributed by atoms with Crippen LogP contribution >= 0.6 is 11.6 Å². The Morgan fingerprint density at radius 1 is 1.24 bits per heavy atom. The molecule has 1 aromatic carbocycles. The van der Waals surface area contributed by atoms with Crippen molar-refractivity contribution in [1.82, 2.24) is 24.5 Å². The molecule has 12 nitrogen and oxygen atoms in total. The minimum absolute atomic E-state index is 0.0148. The van der Waals surface area contributed by atoms with Gasteiger partial charge in [-0.3, -0.25) is 0 Å². The number of ether oxygens (including phenoxy) is 1. The van der Waals surface area contributed by atoms with Crippen molar-refractivity contribution < 1.29 is 9.53 Å². The van der Waals surface area contributed by atoms with Gasteiger partial charge in [-0.1, -0.05) is 18.5 Å². The first-order valence-corrected chi connectivity index (χ1v) is 12.4. The van der Waals surface area contributed by atoms with Crippen LogP contribution in [0.15, 0.2) is 18.3 Å². The molecule has 37 heavy (non-hydrogen) atoms. The van der Waals surface area contributed by atoms with Crippen molar-refractivity contribution in [3.05, 3.63) is 34.5 Å². The van der Waals surface area contributed by atoms with E-state index in [1.165, 1.54) is 17.8 Å². The second-order valence-electron chi connectivity index (χ2n) is 8.96. The number of piperazine rings is 1. The van der Waals surface area contributed by atoms with E-state index in [0.29, 0.717) is 64.8 Å². The highest BCUT2D eigenvalue weighted by molar-refractivity contribution is 6.36. The van der Waals surface area contributed by atoms with Crippen LogP contribution in [0.3, 0.4) is 0 Å². The highest BCUT2D eigenvalue weighted by atomic mass is 35.5. The fourth-order valence-corrected chi connectivity index (χ4v) is 4.69. The van der Waals surface area contributed by atoms with E-state index in [0.717, 1.165) is 19.3 Å². The van der Waals surface area contributed by atoms with Crippen LogP contribution in [0.25, 0.3) is 5.65 Å². The topological polar surface area (TPSA) is 148 Å². The third-order valence-corrected chi connectivity index (χ3v) is 6.92. The molecule has 1 aliphatic heterocycles. The Hall–Kier alpha value is -4.29. The zero-order valence-electron chi connectivity index (χ0n) is 20.4. The summed E-state index contributed by atoms with van der Waals surface area (Å²) in [5, 5.41) is 30.4. The smallest absolute Gasteiger partial charge is 0.409 e. The molecule has 190 valence electrons. The highest BCUT2D eigenvalue weighted by Crippen LogP contribution is 2.38. The van der Waals surface area contributed by atoms with Gasteiger partial charge in [-0.15, -0.1) is 0 Å². The molecule has 5 rings (SSSR count). The fraction of sp³-hybridized carbons (Fsp3) is 0.417. The zero-order chi connectivity index (χ0) is 26.1. The van der Waals surface area contributed by atoms with Gasteiger partial charge in [0.2, 0.25) is 11.9 Å². The van der Waals surface area contributed by atoms with E-state index in [1.54, 1.807) is 17.0 Å². The molecule has 13 heteroatoms. The van der Waals surface area contributed by atoms with Crippen LogP contribution in [-0.2, 0) is 4.74 Å². The maximum absolute atomic E-state index is 12.1. The van der Waals surface area contributed by atoms with Crippen LogP contribution < -0.4 is 15.5 Å². The molecule has 1 aliphatic carbocycles. The zero-order valence-corrected chi connectivity index (χ0v) is 21.2. The third-order valence-electron chi connectivity index (χ3n) is 6.52. The Morgan fingerprint density at radius 2 is 2.05 bits per heavy atom. The van der Waals surface area contributed by atoms with Crippen LogP contribution in [0.2, 0.25) is 5.02 Å². The van der Waals surface area contributed by atoms with Crippen LogP contribution in [0.4, 0.5) is 28.1 Å². The normalized spacial score (nSPS) is 17.3. The molecule has 0 radical (unpaired) electrons. The van der Waals surface area contributed by atoms with Crippen molar-refractivity contribution >= 4 is 46.6 Å². The third kappa shape index (κ3) is 4.76. The maximum atomic E-state index is 12.1. The average molecular weight is 521 g/mol. The molecule has 3 aromatic rings. The Bertz CT molecular complexity index is 1440.